The normalized spacial score (nSPS) is 26.1. The minimum atomic E-state index is -0.419. The molecule has 1 atom stereocenters. The molecule has 19 heavy (non-hydrogen) atoms. The van der Waals surface area contributed by atoms with Gasteiger partial charge in [0.05, 0.1) is 12.1 Å². The molecule has 2 aliphatic rings. The molecule has 0 aromatic heterocycles. The van der Waals surface area contributed by atoms with Gasteiger partial charge in [0.1, 0.15) is 0 Å². The Morgan fingerprint density at radius 1 is 1.42 bits per heavy atom. The number of nitrogens with zero attached hydrogens (tertiary/aromatic N) is 1. The van der Waals surface area contributed by atoms with Crippen molar-refractivity contribution in [3.63, 3.8) is 0 Å². The Kier molecular flexibility index (Phi) is 5.19. The summed E-state index contributed by atoms with van der Waals surface area (Å²) in [4.78, 5) is 14.7. The standard InChI is InChI=1S/C14H27N3O2/c1-14(2,17-7-5-15-6-8-17)13(18)16-10-12-4-3-9-19-11-12/h12,15H,3-11H2,1-2H3,(H,16,18). The van der Waals surface area contributed by atoms with E-state index in [2.05, 4.69) is 15.5 Å². The van der Waals surface area contributed by atoms with Crippen LogP contribution in [-0.2, 0) is 9.53 Å². The van der Waals surface area contributed by atoms with E-state index in [9.17, 15) is 4.79 Å². The van der Waals surface area contributed by atoms with E-state index < -0.39 is 5.54 Å². The van der Waals surface area contributed by atoms with Crippen molar-refractivity contribution >= 4 is 5.91 Å². The maximum atomic E-state index is 12.4. The maximum absolute atomic E-state index is 12.4. The first-order valence-electron chi connectivity index (χ1n) is 7.42. The van der Waals surface area contributed by atoms with Crippen LogP contribution < -0.4 is 10.6 Å². The predicted molar refractivity (Wildman–Crippen MR) is 75.1 cm³/mol. The average Bonchev–Trinajstić information content (AvgIpc) is 2.46. The summed E-state index contributed by atoms with van der Waals surface area (Å²) in [7, 11) is 0. The summed E-state index contributed by atoms with van der Waals surface area (Å²) in [6.07, 6.45) is 2.27. The van der Waals surface area contributed by atoms with Gasteiger partial charge in [-0.1, -0.05) is 0 Å². The molecule has 1 unspecified atom stereocenters. The number of hydrogen-bond acceptors (Lipinski definition) is 4. The molecule has 2 rings (SSSR count). The van der Waals surface area contributed by atoms with Gasteiger partial charge in [-0.25, -0.2) is 0 Å². The van der Waals surface area contributed by atoms with Crippen molar-refractivity contribution < 1.29 is 9.53 Å². The first-order chi connectivity index (χ1) is 9.10. The lowest BCUT2D eigenvalue weighted by Crippen LogP contribution is -2.60. The van der Waals surface area contributed by atoms with Crippen LogP contribution in [0.25, 0.3) is 0 Å². The van der Waals surface area contributed by atoms with E-state index in [1.54, 1.807) is 0 Å². The summed E-state index contributed by atoms with van der Waals surface area (Å²) >= 11 is 0. The van der Waals surface area contributed by atoms with Gasteiger partial charge in [0.15, 0.2) is 0 Å². The Hall–Kier alpha value is -0.650. The molecule has 0 aromatic rings. The number of ether oxygens (including phenoxy) is 1. The van der Waals surface area contributed by atoms with E-state index in [-0.39, 0.29) is 5.91 Å². The van der Waals surface area contributed by atoms with Gasteiger partial charge in [0.25, 0.3) is 0 Å². The van der Waals surface area contributed by atoms with Gasteiger partial charge in [-0.05, 0) is 32.6 Å². The fourth-order valence-corrected chi connectivity index (χ4v) is 2.79. The van der Waals surface area contributed by atoms with Crippen LogP contribution in [-0.4, -0.2) is 62.3 Å². The molecule has 0 aromatic carbocycles. The van der Waals surface area contributed by atoms with Crippen molar-refractivity contribution in [1.82, 2.24) is 15.5 Å². The van der Waals surface area contributed by atoms with Crippen molar-refractivity contribution in [2.24, 2.45) is 5.92 Å². The van der Waals surface area contributed by atoms with Crippen molar-refractivity contribution in [2.75, 3.05) is 45.9 Å². The molecule has 0 radical (unpaired) electrons. The van der Waals surface area contributed by atoms with E-state index in [4.69, 9.17) is 4.74 Å². The predicted octanol–water partition coefficient (Wildman–Crippen LogP) is 0.213. The topological polar surface area (TPSA) is 53.6 Å². The number of piperazine rings is 1. The van der Waals surface area contributed by atoms with Crippen LogP contribution in [0.5, 0.6) is 0 Å². The molecule has 2 heterocycles. The Morgan fingerprint density at radius 3 is 2.79 bits per heavy atom. The minimum Gasteiger partial charge on any atom is -0.381 e. The van der Waals surface area contributed by atoms with Gasteiger partial charge in [0, 0.05) is 39.3 Å². The van der Waals surface area contributed by atoms with E-state index >= 15 is 0 Å². The van der Waals surface area contributed by atoms with Crippen molar-refractivity contribution in [3.05, 3.63) is 0 Å². The highest BCUT2D eigenvalue weighted by molar-refractivity contribution is 5.85. The van der Waals surface area contributed by atoms with E-state index in [0.29, 0.717) is 5.92 Å². The maximum Gasteiger partial charge on any atom is 0.239 e. The third-order valence-corrected chi connectivity index (χ3v) is 4.27. The van der Waals surface area contributed by atoms with Crippen molar-refractivity contribution in [2.45, 2.75) is 32.2 Å². The molecule has 0 aliphatic carbocycles. The van der Waals surface area contributed by atoms with Crippen LogP contribution in [0.3, 0.4) is 0 Å². The number of amides is 1. The van der Waals surface area contributed by atoms with E-state index in [1.165, 1.54) is 0 Å². The second kappa shape index (κ2) is 6.68. The highest BCUT2D eigenvalue weighted by Gasteiger charge is 2.35. The fourth-order valence-electron chi connectivity index (χ4n) is 2.79. The van der Waals surface area contributed by atoms with Crippen LogP contribution in [0.1, 0.15) is 26.7 Å². The summed E-state index contributed by atoms with van der Waals surface area (Å²) in [5.74, 6) is 0.622. The zero-order chi connectivity index (χ0) is 13.7. The summed E-state index contributed by atoms with van der Waals surface area (Å²) in [5, 5.41) is 6.43. The molecule has 2 aliphatic heterocycles. The third kappa shape index (κ3) is 3.91. The molecule has 2 fully saturated rings. The number of hydrogen-bond donors (Lipinski definition) is 2. The summed E-state index contributed by atoms with van der Waals surface area (Å²) in [5.41, 5.74) is -0.419. The second-order valence-electron chi connectivity index (χ2n) is 6.09. The zero-order valence-electron chi connectivity index (χ0n) is 12.2. The highest BCUT2D eigenvalue weighted by atomic mass is 16.5. The van der Waals surface area contributed by atoms with Crippen molar-refractivity contribution in [1.29, 1.82) is 0 Å². The van der Waals surface area contributed by atoms with Crippen LogP contribution in [0, 0.1) is 5.92 Å². The Bertz CT molecular complexity index is 295. The zero-order valence-corrected chi connectivity index (χ0v) is 12.2. The van der Waals surface area contributed by atoms with Gasteiger partial charge >= 0.3 is 0 Å². The second-order valence-corrected chi connectivity index (χ2v) is 6.09. The highest BCUT2D eigenvalue weighted by Crippen LogP contribution is 2.16. The molecule has 5 heteroatoms. The number of rotatable bonds is 4. The van der Waals surface area contributed by atoms with Crippen LogP contribution in [0.15, 0.2) is 0 Å². The number of nitrogens with one attached hydrogen (secondary N) is 2. The molecule has 5 nitrogen and oxygen atoms in total. The number of carbonyl (C=O) groups is 1. The molecule has 2 saturated heterocycles. The van der Waals surface area contributed by atoms with Gasteiger partial charge in [-0.15, -0.1) is 0 Å². The molecular weight excluding hydrogens is 242 g/mol. The third-order valence-electron chi connectivity index (χ3n) is 4.27. The Labute approximate surface area is 116 Å². The average molecular weight is 269 g/mol. The first-order valence-corrected chi connectivity index (χ1v) is 7.42. The van der Waals surface area contributed by atoms with Crippen LogP contribution in [0.4, 0.5) is 0 Å². The Balaban J connectivity index is 1.79. The smallest absolute Gasteiger partial charge is 0.239 e. The van der Waals surface area contributed by atoms with E-state index in [0.717, 1.165) is 58.8 Å². The van der Waals surface area contributed by atoms with Gasteiger partial charge < -0.3 is 15.4 Å². The van der Waals surface area contributed by atoms with Gasteiger partial charge in [0.2, 0.25) is 5.91 Å². The van der Waals surface area contributed by atoms with Crippen LogP contribution >= 0.6 is 0 Å². The molecule has 1 amide bonds. The molecule has 110 valence electrons. The quantitative estimate of drug-likeness (QED) is 0.766. The lowest BCUT2D eigenvalue weighted by molar-refractivity contribution is -0.132. The van der Waals surface area contributed by atoms with Crippen molar-refractivity contribution in [3.8, 4) is 0 Å². The summed E-state index contributed by atoms with van der Waals surface area (Å²) in [6, 6.07) is 0. The molecule has 2 N–H and O–H groups in total. The largest absolute Gasteiger partial charge is 0.381 e. The summed E-state index contributed by atoms with van der Waals surface area (Å²) < 4.78 is 5.45. The van der Waals surface area contributed by atoms with Crippen LogP contribution in [0.2, 0.25) is 0 Å². The monoisotopic (exact) mass is 269 g/mol. The van der Waals surface area contributed by atoms with Gasteiger partial charge in [-0.3, -0.25) is 9.69 Å². The first kappa shape index (κ1) is 14.8. The summed E-state index contributed by atoms with van der Waals surface area (Å²) in [6.45, 7) is 10.2. The molecule has 0 spiro atoms. The van der Waals surface area contributed by atoms with Gasteiger partial charge in [-0.2, -0.15) is 0 Å². The fraction of sp³-hybridized carbons (Fsp3) is 0.929. The molecular formula is C14H27N3O2. The Morgan fingerprint density at radius 2 is 2.16 bits per heavy atom. The molecule has 0 bridgehead atoms. The van der Waals surface area contributed by atoms with E-state index in [1.807, 2.05) is 13.8 Å². The lowest BCUT2D eigenvalue weighted by Gasteiger charge is -2.40. The molecule has 0 saturated carbocycles. The number of carbonyl (C=O) groups excluding carboxylic acids is 1. The minimum absolute atomic E-state index is 0.139. The lowest BCUT2D eigenvalue weighted by atomic mass is 9.98. The SMILES string of the molecule is CC(C)(C(=O)NCC1CCCOC1)N1CCNCC1.